The van der Waals surface area contributed by atoms with E-state index in [0.717, 1.165) is 22.2 Å². The van der Waals surface area contributed by atoms with Crippen LogP contribution in [0.2, 0.25) is 0 Å². The SMILES string of the molecule is COc1ccc(C)cc1NC1=C(Sc2cccc(NC(=O)c3ccc4c(c3)OCO4)c2)C(=O)N(c2ccc(F)cc2)C1=O. The molecule has 0 bridgehead atoms. The van der Waals surface area contributed by atoms with E-state index in [-0.39, 0.29) is 29.0 Å². The predicted octanol–water partition coefficient (Wildman–Crippen LogP) is 6.11. The molecule has 0 aliphatic carbocycles. The van der Waals surface area contributed by atoms with E-state index in [0.29, 0.717) is 39.1 Å². The van der Waals surface area contributed by atoms with Crippen LogP contribution in [0.25, 0.3) is 0 Å². The van der Waals surface area contributed by atoms with Gasteiger partial charge in [0.15, 0.2) is 11.5 Å². The molecule has 6 rings (SSSR count). The number of carbonyl (C=O) groups excluding carboxylic acids is 3. The summed E-state index contributed by atoms with van der Waals surface area (Å²) >= 11 is 1.07. The van der Waals surface area contributed by atoms with Gasteiger partial charge in [-0.25, -0.2) is 9.29 Å². The van der Waals surface area contributed by atoms with Crippen molar-refractivity contribution in [3.63, 3.8) is 0 Å². The molecule has 0 saturated heterocycles. The van der Waals surface area contributed by atoms with Gasteiger partial charge in [-0.3, -0.25) is 14.4 Å². The van der Waals surface area contributed by atoms with Crippen LogP contribution in [0.5, 0.6) is 17.2 Å². The minimum absolute atomic E-state index is 0.0398. The molecule has 9 nitrogen and oxygen atoms in total. The molecule has 0 spiro atoms. The van der Waals surface area contributed by atoms with Crippen LogP contribution in [-0.4, -0.2) is 31.6 Å². The van der Waals surface area contributed by atoms with E-state index < -0.39 is 17.6 Å². The van der Waals surface area contributed by atoms with Crippen LogP contribution in [-0.2, 0) is 9.59 Å². The summed E-state index contributed by atoms with van der Waals surface area (Å²) in [5.74, 6) is -0.488. The minimum Gasteiger partial charge on any atom is -0.495 e. The largest absolute Gasteiger partial charge is 0.495 e. The smallest absolute Gasteiger partial charge is 0.283 e. The lowest BCUT2D eigenvalue weighted by atomic mass is 10.2. The first-order valence-corrected chi connectivity index (χ1v) is 13.9. The summed E-state index contributed by atoms with van der Waals surface area (Å²) in [7, 11) is 1.51. The highest BCUT2D eigenvalue weighted by molar-refractivity contribution is 8.04. The Bertz CT molecular complexity index is 1810. The summed E-state index contributed by atoms with van der Waals surface area (Å²) in [6.45, 7) is 1.99. The van der Waals surface area contributed by atoms with Gasteiger partial charge in [0.1, 0.15) is 22.2 Å². The molecule has 2 heterocycles. The predicted molar refractivity (Wildman–Crippen MR) is 160 cm³/mol. The van der Waals surface area contributed by atoms with Crippen LogP contribution in [0.15, 0.2) is 100 Å². The summed E-state index contributed by atoms with van der Waals surface area (Å²) in [6.07, 6.45) is 0. The molecule has 0 unspecified atom stereocenters. The maximum Gasteiger partial charge on any atom is 0.283 e. The van der Waals surface area contributed by atoms with E-state index in [1.54, 1.807) is 54.6 Å². The van der Waals surface area contributed by atoms with Crippen molar-refractivity contribution in [2.75, 3.05) is 29.4 Å². The fourth-order valence-corrected chi connectivity index (χ4v) is 5.58. The van der Waals surface area contributed by atoms with Crippen molar-refractivity contribution in [1.29, 1.82) is 0 Å². The number of amides is 3. The van der Waals surface area contributed by atoms with Crippen LogP contribution in [0.4, 0.5) is 21.5 Å². The number of anilines is 3. The number of halogens is 1. The van der Waals surface area contributed by atoms with Gasteiger partial charge in [-0.15, -0.1) is 0 Å². The van der Waals surface area contributed by atoms with Crippen molar-refractivity contribution in [1.82, 2.24) is 0 Å². The fourth-order valence-electron chi connectivity index (χ4n) is 4.59. The lowest BCUT2D eigenvalue weighted by molar-refractivity contribution is -0.120. The Balaban J connectivity index is 1.31. The van der Waals surface area contributed by atoms with Crippen molar-refractivity contribution in [2.45, 2.75) is 11.8 Å². The molecule has 0 radical (unpaired) electrons. The first-order valence-electron chi connectivity index (χ1n) is 13.1. The normalized spacial score (nSPS) is 13.9. The molecular weight excluding hydrogens is 573 g/mol. The zero-order valence-electron chi connectivity index (χ0n) is 23.0. The molecule has 43 heavy (non-hydrogen) atoms. The van der Waals surface area contributed by atoms with Crippen LogP contribution in [0.3, 0.4) is 0 Å². The van der Waals surface area contributed by atoms with Crippen LogP contribution >= 0.6 is 11.8 Å². The number of thioether (sulfide) groups is 1. The standard InChI is InChI=1S/C32H24FN3O6S/c1-18-6-12-25(40-2)24(14-18)35-28-29(32(39)36(31(28)38)22-10-8-20(33)9-11-22)43-23-5-3-4-21(16-23)34-30(37)19-7-13-26-27(15-19)42-17-41-26/h3-16,35H,17H2,1-2H3,(H,34,37). The lowest BCUT2D eigenvalue weighted by Gasteiger charge is -2.16. The molecular formula is C32H24FN3O6S. The Kier molecular flexibility index (Phi) is 7.47. The molecule has 0 atom stereocenters. The molecule has 2 aliphatic rings. The molecule has 3 amide bonds. The first kappa shape index (κ1) is 27.9. The van der Waals surface area contributed by atoms with Crippen molar-refractivity contribution >= 4 is 46.5 Å². The van der Waals surface area contributed by atoms with Crippen LogP contribution in [0.1, 0.15) is 15.9 Å². The Morgan fingerprint density at radius 2 is 1.72 bits per heavy atom. The molecule has 4 aromatic rings. The van der Waals surface area contributed by atoms with Gasteiger partial charge in [0, 0.05) is 16.1 Å². The van der Waals surface area contributed by atoms with Crippen molar-refractivity contribution < 1.29 is 33.0 Å². The first-order chi connectivity index (χ1) is 20.8. The Morgan fingerprint density at radius 3 is 2.51 bits per heavy atom. The molecule has 0 saturated carbocycles. The number of rotatable bonds is 8. The van der Waals surface area contributed by atoms with Gasteiger partial charge in [-0.2, -0.15) is 0 Å². The van der Waals surface area contributed by atoms with Crippen molar-refractivity contribution in [3.8, 4) is 17.2 Å². The van der Waals surface area contributed by atoms with E-state index in [2.05, 4.69) is 10.6 Å². The second-order valence-corrected chi connectivity index (χ2v) is 10.7. The van der Waals surface area contributed by atoms with Crippen molar-refractivity contribution in [3.05, 3.63) is 112 Å². The highest BCUT2D eigenvalue weighted by atomic mass is 32.2. The highest BCUT2D eigenvalue weighted by Gasteiger charge is 2.40. The molecule has 2 N–H and O–H groups in total. The van der Waals surface area contributed by atoms with Gasteiger partial charge in [0.25, 0.3) is 17.7 Å². The quantitative estimate of drug-likeness (QED) is 0.234. The average molecular weight is 598 g/mol. The number of imide groups is 1. The number of fused-ring (bicyclic) bond motifs is 1. The second-order valence-electron chi connectivity index (χ2n) is 9.61. The number of methoxy groups -OCH3 is 1. The van der Waals surface area contributed by atoms with Gasteiger partial charge in [0.05, 0.1) is 18.5 Å². The molecule has 4 aromatic carbocycles. The monoisotopic (exact) mass is 597 g/mol. The highest BCUT2D eigenvalue weighted by Crippen LogP contribution is 2.40. The number of hydrogen-bond acceptors (Lipinski definition) is 8. The zero-order chi connectivity index (χ0) is 30.1. The van der Waals surface area contributed by atoms with Gasteiger partial charge in [0.2, 0.25) is 6.79 Å². The number of nitrogens with zero attached hydrogens (tertiary/aromatic N) is 1. The summed E-state index contributed by atoms with van der Waals surface area (Å²) in [5.41, 5.74) is 2.55. The van der Waals surface area contributed by atoms with Crippen LogP contribution in [0, 0.1) is 12.7 Å². The molecule has 216 valence electrons. The zero-order valence-corrected chi connectivity index (χ0v) is 23.8. The van der Waals surface area contributed by atoms with E-state index in [1.165, 1.54) is 31.4 Å². The number of benzene rings is 4. The van der Waals surface area contributed by atoms with E-state index in [4.69, 9.17) is 14.2 Å². The number of aryl methyl sites for hydroxylation is 1. The minimum atomic E-state index is -0.602. The maximum atomic E-state index is 13.7. The van der Waals surface area contributed by atoms with Crippen LogP contribution < -0.4 is 29.7 Å². The van der Waals surface area contributed by atoms with E-state index in [9.17, 15) is 18.8 Å². The number of nitrogens with one attached hydrogen (secondary N) is 2. The fraction of sp³-hybridized carbons (Fsp3) is 0.0938. The molecule has 2 aliphatic heterocycles. The molecule has 0 aromatic heterocycles. The average Bonchev–Trinajstić information content (AvgIpc) is 3.56. The van der Waals surface area contributed by atoms with Gasteiger partial charge in [-0.1, -0.05) is 23.9 Å². The number of hydrogen-bond donors (Lipinski definition) is 2. The number of carbonyl (C=O) groups is 3. The van der Waals surface area contributed by atoms with Gasteiger partial charge < -0.3 is 24.8 Å². The molecule has 11 heteroatoms. The summed E-state index contributed by atoms with van der Waals surface area (Å²) in [5, 5.41) is 5.96. The van der Waals surface area contributed by atoms with Gasteiger partial charge >= 0.3 is 0 Å². The third-order valence-electron chi connectivity index (χ3n) is 6.69. The van der Waals surface area contributed by atoms with E-state index in [1.807, 2.05) is 13.0 Å². The topological polar surface area (TPSA) is 106 Å². The lowest BCUT2D eigenvalue weighted by Crippen LogP contribution is -2.32. The summed E-state index contributed by atoms with van der Waals surface area (Å²) < 4.78 is 29.8. The van der Waals surface area contributed by atoms with Crippen molar-refractivity contribution in [2.24, 2.45) is 0 Å². The number of ether oxygens (including phenoxy) is 3. The summed E-state index contributed by atoms with van der Waals surface area (Å²) in [6, 6.07) is 22.4. The van der Waals surface area contributed by atoms with Gasteiger partial charge in [-0.05, 0) is 85.3 Å². The Morgan fingerprint density at radius 1 is 0.930 bits per heavy atom. The molecule has 0 fully saturated rings. The Labute approximate surface area is 250 Å². The Hall–Kier alpha value is -5.29. The third-order valence-corrected chi connectivity index (χ3v) is 7.76. The second kappa shape index (κ2) is 11.5. The maximum absolute atomic E-state index is 13.7. The third kappa shape index (κ3) is 5.62. The summed E-state index contributed by atoms with van der Waals surface area (Å²) in [4.78, 5) is 42.1. The van der Waals surface area contributed by atoms with E-state index >= 15 is 0 Å².